The van der Waals surface area contributed by atoms with Gasteiger partial charge in [0.15, 0.2) is 0 Å². The number of hydrogen-bond donors (Lipinski definition) is 1. The predicted molar refractivity (Wildman–Crippen MR) is 144 cm³/mol. The molecule has 0 aromatic heterocycles. The molecule has 3 fully saturated rings. The molecule has 5 atom stereocenters. The highest BCUT2D eigenvalue weighted by Gasteiger charge is 2.50. The maximum absolute atomic E-state index is 10.0. The Morgan fingerprint density at radius 1 is 1.00 bits per heavy atom. The Labute approximate surface area is 201 Å². The van der Waals surface area contributed by atoms with E-state index < -0.39 is 0 Å². The van der Waals surface area contributed by atoms with Gasteiger partial charge in [-0.2, -0.15) is 0 Å². The van der Waals surface area contributed by atoms with Gasteiger partial charge in [-0.15, -0.1) is 0 Å². The zero-order valence-electron chi connectivity index (χ0n) is 23.0. The maximum atomic E-state index is 10.0. The van der Waals surface area contributed by atoms with Gasteiger partial charge in [-0.25, -0.2) is 0 Å². The van der Waals surface area contributed by atoms with Crippen molar-refractivity contribution in [2.45, 2.75) is 132 Å². The van der Waals surface area contributed by atoms with E-state index in [1.165, 1.54) is 62.5 Å². The summed E-state index contributed by atoms with van der Waals surface area (Å²) in [5.74, 6) is 3.37. The maximum Gasteiger partial charge on any atom is 0.0583 e. The molecule has 0 bridgehead atoms. The van der Waals surface area contributed by atoms with Crippen LogP contribution < -0.4 is 0 Å². The molecule has 3 saturated carbocycles. The molecule has 1 N–H and O–H groups in total. The van der Waals surface area contributed by atoms with Crippen molar-refractivity contribution in [1.29, 1.82) is 0 Å². The molecular weight excluding hydrogens is 388 g/mol. The van der Waals surface area contributed by atoms with Crippen molar-refractivity contribution >= 4 is 0 Å². The van der Waals surface area contributed by atoms with Crippen LogP contribution in [0.25, 0.3) is 0 Å². The Balaban J connectivity index is 0.00000121. The predicted octanol–water partition coefficient (Wildman–Crippen LogP) is 9.67. The van der Waals surface area contributed by atoms with E-state index in [1.807, 2.05) is 27.7 Å². The average Bonchev–Trinajstić information content (AvgIpc) is 3.14. The van der Waals surface area contributed by atoms with Crippen molar-refractivity contribution in [3.8, 4) is 0 Å². The van der Waals surface area contributed by atoms with E-state index in [0.29, 0.717) is 5.41 Å². The molecule has 1 nitrogen and oxygen atoms in total. The zero-order valence-corrected chi connectivity index (χ0v) is 23.0. The Bertz CT molecular complexity index is 610. The van der Waals surface area contributed by atoms with E-state index in [9.17, 15) is 5.11 Å². The van der Waals surface area contributed by atoms with Crippen LogP contribution in [0.15, 0.2) is 35.5 Å². The van der Waals surface area contributed by atoms with Gasteiger partial charge in [-0.05, 0) is 86.0 Å². The summed E-state index contributed by atoms with van der Waals surface area (Å²) in [7, 11) is 0. The minimum Gasteiger partial charge on any atom is -0.393 e. The van der Waals surface area contributed by atoms with E-state index in [-0.39, 0.29) is 6.10 Å². The molecule has 5 unspecified atom stereocenters. The van der Waals surface area contributed by atoms with Crippen LogP contribution in [0.4, 0.5) is 0 Å². The second-order valence-corrected chi connectivity index (χ2v) is 10.8. The third kappa shape index (κ3) is 7.61. The number of aliphatic hydroxyl groups is 1. The largest absolute Gasteiger partial charge is 0.393 e. The van der Waals surface area contributed by atoms with Gasteiger partial charge in [-0.1, -0.05) is 105 Å². The van der Waals surface area contributed by atoms with Gasteiger partial charge in [0.25, 0.3) is 0 Å². The topological polar surface area (TPSA) is 20.2 Å². The van der Waals surface area contributed by atoms with Crippen LogP contribution in [0, 0.1) is 29.1 Å². The first-order chi connectivity index (χ1) is 15.3. The standard InChI is InChI=1S/C27H44O.2C2H6/c1-19(2)8-6-9-21(4)25-15-16-26-22(10-7-17-27(25,26)5)12-13-23-18-24(28)14-11-20(23)3;2*1-2/h12-13,19,21,24-26,28H,3,6-11,14-18H2,1-2,4-5H3;2*1-2H3/b22-12+,23-13-;;. The molecule has 0 heterocycles. The molecular formula is C31H56O. The highest BCUT2D eigenvalue weighted by Crippen LogP contribution is 2.59. The lowest BCUT2D eigenvalue weighted by Crippen LogP contribution is -2.36. The highest BCUT2D eigenvalue weighted by atomic mass is 16.3. The smallest absolute Gasteiger partial charge is 0.0583 e. The molecule has 186 valence electrons. The average molecular weight is 445 g/mol. The van der Waals surface area contributed by atoms with Gasteiger partial charge in [0.1, 0.15) is 0 Å². The first kappa shape index (κ1) is 29.2. The van der Waals surface area contributed by atoms with Crippen LogP contribution >= 0.6 is 0 Å². The first-order valence-electron chi connectivity index (χ1n) is 14.1. The number of rotatable bonds is 6. The van der Waals surface area contributed by atoms with Crippen LogP contribution in [0.2, 0.25) is 0 Å². The summed E-state index contributed by atoms with van der Waals surface area (Å²) >= 11 is 0. The Hall–Kier alpha value is -0.820. The second-order valence-electron chi connectivity index (χ2n) is 10.8. The van der Waals surface area contributed by atoms with Crippen molar-refractivity contribution < 1.29 is 5.11 Å². The van der Waals surface area contributed by atoms with E-state index in [4.69, 9.17) is 0 Å². The molecule has 0 aromatic rings. The fraction of sp³-hybridized carbons (Fsp3) is 0.806. The lowest BCUT2D eigenvalue weighted by molar-refractivity contribution is 0.0929. The molecule has 1 heteroatoms. The Morgan fingerprint density at radius 2 is 1.69 bits per heavy atom. The first-order valence-corrected chi connectivity index (χ1v) is 14.1. The Kier molecular flexibility index (Phi) is 13.2. The van der Waals surface area contributed by atoms with Crippen LogP contribution in [0.5, 0.6) is 0 Å². The third-order valence-corrected chi connectivity index (χ3v) is 8.35. The summed E-state index contributed by atoms with van der Waals surface area (Å²) in [6.45, 7) is 22.1. The van der Waals surface area contributed by atoms with E-state index in [0.717, 1.165) is 42.9 Å². The van der Waals surface area contributed by atoms with Crippen molar-refractivity contribution in [2.24, 2.45) is 29.1 Å². The number of allylic oxidation sites excluding steroid dienone is 4. The monoisotopic (exact) mass is 444 g/mol. The molecule has 3 aliphatic carbocycles. The molecule has 0 spiro atoms. The number of fused-ring (bicyclic) bond motifs is 1. The van der Waals surface area contributed by atoms with Gasteiger partial charge >= 0.3 is 0 Å². The van der Waals surface area contributed by atoms with Crippen molar-refractivity contribution in [3.05, 3.63) is 35.5 Å². The van der Waals surface area contributed by atoms with Gasteiger partial charge < -0.3 is 5.11 Å². The van der Waals surface area contributed by atoms with Crippen molar-refractivity contribution in [2.75, 3.05) is 0 Å². The second kappa shape index (κ2) is 14.4. The highest BCUT2D eigenvalue weighted by molar-refractivity contribution is 5.36. The van der Waals surface area contributed by atoms with E-state index in [1.54, 1.807) is 5.57 Å². The summed E-state index contributed by atoms with van der Waals surface area (Å²) in [6.07, 6.45) is 18.2. The normalized spacial score (nSPS) is 33.3. The van der Waals surface area contributed by atoms with Crippen LogP contribution in [0.1, 0.15) is 126 Å². The summed E-state index contributed by atoms with van der Waals surface area (Å²) in [6, 6.07) is 0. The van der Waals surface area contributed by atoms with Crippen LogP contribution in [-0.2, 0) is 0 Å². The number of hydrogen-bond acceptors (Lipinski definition) is 1. The molecule has 0 aromatic carbocycles. The summed E-state index contributed by atoms with van der Waals surface area (Å²) in [5.41, 5.74) is 4.72. The number of aliphatic hydroxyl groups excluding tert-OH is 1. The molecule has 0 saturated heterocycles. The van der Waals surface area contributed by atoms with Gasteiger partial charge in [-0.3, -0.25) is 0 Å². The summed E-state index contributed by atoms with van der Waals surface area (Å²) in [5, 5.41) is 10.0. The SMILES string of the molecule is C=C1CCC(O)C/C1=C/C=C1\CCCC2(C)C1CCC2C(C)CCCC(C)C.CC.CC. The minimum atomic E-state index is -0.172. The molecule has 32 heavy (non-hydrogen) atoms. The van der Waals surface area contributed by atoms with Gasteiger partial charge in [0.05, 0.1) is 6.10 Å². The van der Waals surface area contributed by atoms with Crippen LogP contribution in [0.3, 0.4) is 0 Å². The van der Waals surface area contributed by atoms with Crippen molar-refractivity contribution in [1.82, 2.24) is 0 Å². The van der Waals surface area contributed by atoms with Gasteiger partial charge in [0.2, 0.25) is 0 Å². The Morgan fingerprint density at radius 3 is 2.34 bits per heavy atom. The lowest BCUT2D eigenvalue weighted by Gasteiger charge is -2.44. The fourth-order valence-electron chi connectivity index (χ4n) is 6.66. The van der Waals surface area contributed by atoms with E-state index in [2.05, 4.69) is 46.4 Å². The third-order valence-electron chi connectivity index (χ3n) is 8.35. The molecule has 3 rings (SSSR count). The van der Waals surface area contributed by atoms with Gasteiger partial charge in [0, 0.05) is 0 Å². The van der Waals surface area contributed by atoms with Crippen molar-refractivity contribution in [3.63, 3.8) is 0 Å². The lowest BCUT2D eigenvalue weighted by atomic mass is 9.60. The summed E-state index contributed by atoms with van der Waals surface area (Å²) in [4.78, 5) is 0. The quantitative estimate of drug-likeness (QED) is 0.432. The minimum absolute atomic E-state index is 0.172. The van der Waals surface area contributed by atoms with E-state index >= 15 is 0 Å². The molecule has 0 aliphatic heterocycles. The van der Waals surface area contributed by atoms with Crippen LogP contribution in [-0.4, -0.2) is 11.2 Å². The molecule has 3 aliphatic rings. The molecule has 0 amide bonds. The molecule has 0 radical (unpaired) electrons. The zero-order chi connectivity index (χ0) is 24.3. The fourth-order valence-corrected chi connectivity index (χ4v) is 6.66. The summed E-state index contributed by atoms with van der Waals surface area (Å²) < 4.78 is 0.